The van der Waals surface area contributed by atoms with Gasteiger partial charge in [0.15, 0.2) is 5.41 Å². The number of pyridine rings is 1. The lowest BCUT2D eigenvalue weighted by Crippen LogP contribution is -2.49. The number of rotatable bonds is 2. The van der Waals surface area contributed by atoms with Crippen LogP contribution in [-0.2, 0) is 17.3 Å². The van der Waals surface area contributed by atoms with Crippen LogP contribution in [0.15, 0.2) is 77.4 Å². The van der Waals surface area contributed by atoms with Crippen molar-refractivity contribution in [1.29, 1.82) is 5.26 Å². The van der Waals surface area contributed by atoms with Gasteiger partial charge in [-0.05, 0) is 18.2 Å². The van der Waals surface area contributed by atoms with Gasteiger partial charge in [0.1, 0.15) is 17.4 Å². The van der Waals surface area contributed by atoms with Crippen LogP contribution in [0.1, 0.15) is 11.1 Å². The van der Waals surface area contributed by atoms with Crippen molar-refractivity contribution in [3.8, 4) is 11.8 Å². The van der Waals surface area contributed by atoms with Crippen molar-refractivity contribution >= 4 is 22.5 Å². The van der Waals surface area contributed by atoms with Gasteiger partial charge in [-0.1, -0.05) is 36.4 Å². The number of aromatic nitrogens is 1. The maximum atomic E-state index is 14.0. The molecule has 2 aliphatic heterocycles. The number of hydrogen-bond acceptors (Lipinski definition) is 5. The monoisotopic (exact) mass is 410 g/mol. The molecule has 0 fully saturated rings. The number of nitriles is 1. The van der Waals surface area contributed by atoms with Gasteiger partial charge in [-0.15, -0.1) is 6.58 Å². The normalized spacial score (nSPS) is 19.2. The summed E-state index contributed by atoms with van der Waals surface area (Å²) < 4.78 is 7.33. The zero-order valence-electron chi connectivity index (χ0n) is 16.8. The molecule has 1 amide bonds. The second kappa shape index (κ2) is 6.34. The summed E-state index contributed by atoms with van der Waals surface area (Å²) in [4.78, 5) is 29.3. The average molecular weight is 410 g/mol. The highest BCUT2D eigenvalue weighted by Gasteiger charge is 2.60. The summed E-state index contributed by atoms with van der Waals surface area (Å²) in [6, 6.07) is 16.4. The van der Waals surface area contributed by atoms with E-state index in [9.17, 15) is 14.9 Å². The van der Waals surface area contributed by atoms with E-state index in [0.29, 0.717) is 22.2 Å². The number of fused-ring (bicyclic) bond motifs is 6. The van der Waals surface area contributed by atoms with Gasteiger partial charge >= 0.3 is 0 Å². The van der Waals surface area contributed by atoms with E-state index in [2.05, 4.69) is 12.6 Å². The van der Waals surface area contributed by atoms with Gasteiger partial charge in [0.2, 0.25) is 11.8 Å². The van der Waals surface area contributed by atoms with Crippen LogP contribution in [0, 0.1) is 11.3 Å². The van der Waals surface area contributed by atoms with Crippen molar-refractivity contribution < 1.29 is 9.53 Å². The first-order valence-corrected chi connectivity index (χ1v) is 9.71. The molecule has 0 aliphatic carbocycles. The molecule has 3 aromatic rings. The summed E-state index contributed by atoms with van der Waals surface area (Å²) in [7, 11) is 1.64. The third-order valence-corrected chi connectivity index (χ3v) is 6.05. The highest BCUT2D eigenvalue weighted by molar-refractivity contribution is 6.15. The van der Waals surface area contributed by atoms with Gasteiger partial charge in [0.25, 0.3) is 5.56 Å². The Morgan fingerprint density at radius 3 is 2.65 bits per heavy atom. The third-order valence-electron chi connectivity index (χ3n) is 6.05. The van der Waals surface area contributed by atoms with Crippen molar-refractivity contribution in [2.24, 2.45) is 12.8 Å². The number of nitrogens with two attached hydrogens (primary N) is 1. The second-order valence-corrected chi connectivity index (χ2v) is 7.51. The lowest BCUT2D eigenvalue weighted by atomic mass is 9.69. The topological polar surface area (TPSA) is 101 Å². The molecular weight excluding hydrogens is 392 g/mol. The molecular formula is C24H18N4O3. The van der Waals surface area contributed by atoms with Crippen LogP contribution in [0.5, 0.6) is 5.75 Å². The molecule has 0 saturated heterocycles. The van der Waals surface area contributed by atoms with Crippen LogP contribution in [0.25, 0.3) is 10.9 Å². The number of nitrogens with zero attached hydrogens (tertiary/aromatic N) is 3. The molecule has 2 aromatic carbocycles. The molecule has 152 valence electrons. The summed E-state index contributed by atoms with van der Waals surface area (Å²) in [5, 5.41) is 10.7. The number of carbonyl (C=O) groups excluding carboxylic acids is 1. The molecule has 1 atom stereocenters. The number of carbonyl (C=O) groups is 1. The predicted octanol–water partition coefficient (Wildman–Crippen LogP) is 2.44. The van der Waals surface area contributed by atoms with E-state index in [1.54, 1.807) is 49.5 Å². The molecule has 0 unspecified atom stereocenters. The quantitative estimate of drug-likeness (QED) is 0.654. The molecule has 7 heteroatoms. The van der Waals surface area contributed by atoms with E-state index in [1.165, 1.54) is 9.47 Å². The molecule has 0 saturated carbocycles. The number of aryl methyl sites for hydroxylation is 1. The van der Waals surface area contributed by atoms with Crippen molar-refractivity contribution in [3.63, 3.8) is 0 Å². The zero-order valence-corrected chi connectivity index (χ0v) is 16.8. The summed E-state index contributed by atoms with van der Waals surface area (Å²) in [6.07, 6.45) is 1.60. The minimum atomic E-state index is -1.69. The first kappa shape index (κ1) is 18.7. The van der Waals surface area contributed by atoms with Crippen LogP contribution in [0.2, 0.25) is 0 Å². The maximum absolute atomic E-state index is 14.0. The molecule has 2 N–H and O–H groups in total. The molecule has 1 spiro atoms. The number of hydrogen-bond donors (Lipinski definition) is 1. The van der Waals surface area contributed by atoms with E-state index in [-0.39, 0.29) is 29.3 Å². The van der Waals surface area contributed by atoms with Crippen LogP contribution < -0.4 is 20.9 Å². The maximum Gasteiger partial charge on any atom is 0.259 e. The molecule has 2 aliphatic rings. The van der Waals surface area contributed by atoms with Gasteiger partial charge in [-0.25, -0.2) is 0 Å². The molecule has 1 aromatic heterocycles. The molecule has 5 rings (SSSR count). The zero-order chi connectivity index (χ0) is 21.9. The summed E-state index contributed by atoms with van der Waals surface area (Å²) >= 11 is 0. The van der Waals surface area contributed by atoms with Crippen LogP contribution in [0.4, 0.5) is 5.69 Å². The molecule has 0 radical (unpaired) electrons. The van der Waals surface area contributed by atoms with Gasteiger partial charge < -0.3 is 19.9 Å². The Hall–Kier alpha value is -4.31. The Bertz CT molecular complexity index is 1440. The highest BCUT2D eigenvalue weighted by atomic mass is 16.5. The number of para-hydroxylation sites is 2. The van der Waals surface area contributed by atoms with Crippen LogP contribution >= 0.6 is 0 Å². The molecule has 0 bridgehead atoms. The van der Waals surface area contributed by atoms with Crippen molar-refractivity contribution in [2.75, 3.05) is 11.4 Å². The van der Waals surface area contributed by atoms with E-state index >= 15 is 0 Å². The number of anilines is 1. The summed E-state index contributed by atoms with van der Waals surface area (Å²) in [6.45, 7) is 3.97. The Morgan fingerprint density at radius 1 is 1.19 bits per heavy atom. The summed E-state index contributed by atoms with van der Waals surface area (Å²) in [5.41, 5.74) is 5.89. The molecule has 7 nitrogen and oxygen atoms in total. The van der Waals surface area contributed by atoms with Crippen LogP contribution in [-0.4, -0.2) is 17.0 Å². The van der Waals surface area contributed by atoms with Gasteiger partial charge in [0.05, 0.1) is 11.1 Å². The van der Waals surface area contributed by atoms with E-state index in [1.807, 2.05) is 12.1 Å². The lowest BCUT2D eigenvalue weighted by Gasteiger charge is -2.34. The Balaban J connectivity index is 2.03. The lowest BCUT2D eigenvalue weighted by molar-refractivity contribution is -0.120. The fourth-order valence-corrected chi connectivity index (χ4v) is 4.76. The van der Waals surface area contributed by atoms with Gasteiger partial charge in [0, 0.05) is 30.2 Å². The molecule has 31 heavy (non-hydrogen) atoms. The summed E-state index contributed by atoms with van der Waals surface area (Å²) in [5.74, 6) is -0.402. The number of ether oxygens (including phenoxy) is 1. The average Bonchev–Trinajstić information content (AvgIpc) is 3.01. The Labute approximate surface area is 177 Å². The van der Waals surface area contributed by atoms with Crippen molar-refractivity contribution in [3.05, 3.63) is 94.1 Å². The van der Waals surface area contributed by atoms with E-state index < -0.39 is 16.9 Å². The minimum Gasteiger partial charge on any atom is -0.439 e. The smallest absolute Gasteiger partial charge is 0.259 e. The van der Waals surface area contributed by atoms with Gasteiger partial charge in [-0.3, -0.25) is 9.59 Å². The Morgan fingerprint density at radius 2 is 1.90 bits per heavy atom. The fraction of sp³-hybridized carbons (Fsp3) is 0.125. The van der Waals surface area contributed by atoms with Crippen molar-refractivity contribution in [1.82, 2.24) is 4.57 Å². The fourth-order valence-electron chi connectivity index (χ4n) is 4.76. The SMILES string of the molecule is C=CCN1C(=O)[C@]2(C(C#N)=C(N)Oc3c2c(=O)n(C)c2ccccc32)c2ccccc21. The third kappa shape index (κ3) is 2.11. The molecule has 3 heterocycles. The van der Waals surface area contributed by atoms with E-state index in [0.717, 1.165) is 0 Å². The standard InChI is InChI=1S/C24H18N4O3/c1-3-12-28-18-11-7-5-9-15(18)24(23(28)30)16(13-25)21(26)31-20-14-8-4-6-10-17(14)27(2)22(29)19(20)24/h3-11H,1,12,26H2,2H3/t24-/m0/s1. The Kier molecular flexibility index (Phi) is 3.83. The first-order chi connectivity index (χ1) is 15.0. The second-order valence-electron chi connectivity index (χ2n) is 7.51. The van der Waals surface area contributed by atoms with E-state index in [4.69, 9.17) is 10.5 Å². The highest BCUT2D eigenvalue weighted by Crippen LogP contribution is 2.55. The largest absolute Gasteiger partial charge is 0.439 e. The van der Waals surface area contributed by atoms with Gasteiger partial charge in [-0.2, -0.15) is 5.26 Å². The first-order valence-electron chi connectivity index (χ1n) is 9.71. The number of benzene rings is 2. The van der Waals surface area contributed by atoms with Crippen LogP contribution in [0.3, 0.4) is 0 Å². The van der Waals surface area contributed by atoms with Crippen molar-refractivity contribution in [2.45, 2.75) is 5.41 Å². The number of amides is 1. The predicted molar refractivity (Wildman–Crippen MR) is 116 cm³/mol. The minimum absolute atomic E-state index is 0.0867.